The topological polar surface area (TPSA) is 103 Å². The number of carbonyl (C=O) groups is 1. The Balaban J connectivity index is 2.31. The van der Waals surface area contributed by atoms with E-state index in [2.05, 4.69) is 5.32 Å². The van der Waals surface area contributed by atoms with E-state index in [1.165, 1.54) is 0 Å². The summed E-state index contributed by atoms with van der Waals surface area (Å²) in [5.74, 6) is 0.0821. The molecule has 1 rings (SSSR count). The highest BCUT2D eigenvalue weighted by Gasteiger charge is 2.06. The van der Waals surface area contributed by atoms with E-state index in [0.29, 0.717) is 11.3 Å². The molecule has 0 aromatic heterocycles. The van der Waals surface area contributed by atoms with Crippen LogP contribution in [0, 0.1) is 11.3 Å². The minimum absolute atomic E-state index is 0.0218. The second kappa shape index (κ2) is 7.27. The van der Waals surface area contributed by atoms with E-state index in [0.717, 1.165) is 0 Å². The van der Waals surface area contributed by atoms with Crippen molar-refractivity contribution in [3.8, 4) is 11.8 Å². The Labute approximate surface area is 104 Å². The van der Waals surface area contributed by atoms with Gasteiger partial charge in [0.15, 0.2) is 6.61 Å². The largest absolute Gasteiger partial charge is 0.484 e. The third kappa shape index (κ3) is 4.82. The molecule has 1 aromatic rings. The number of hydrogen-bond donors (Lipinski definition) is 3. The third-order valence-electron chi connectivity index (χ3n) is 2.10. The molecular formula is C12H14N2O4. The average molecular weight is 250 g/mol. The first-order valence-corrected chi connectivity index (χ1v) is 5.34. The van der Waals surface area contributed by atoms with E-state index in [-0.39, 0.29) is 13.2 Å². The maximum absolute atomic E-state index is 11.3. The lowest BCUT2D eigenvalue weighted by Crippen LogP contribution is -2.36. The Morgan fingerprint density at radius 1 is 1.44 bits per heavy atom. The number of rotatable bonds is 6. The van der Waals surface area contributed by atoms with Crippen LogP contribution in [0.3, 0.4) is 0 Å². The molecular weight excluding hydrogens is 236 g/mol. The lowest BCUT2D eigenvalue weighted by Gasteiger charge is -2.09. The first-order valence-electron chi connectivity index (χ1n) is 5.34. The van der Waals surface area contributed by atoms with Crippen molar-refractivity contribution in [3.63, 3.8) is 0 Å². The predicted octanol–water partition coefficient (Wildman–Crippen LogP) is -0.594. The summed E-state index contributed by atoms with van der Waals surface area (Å²) in [7, 11) is 0. The average Bonchev–Trinajstić information content (AvgIpc) is 2.42. The van der Waals surface area contributed by atoms with Gasteiger partial charge in [-0.1, -0.05) is 0 Å². The molecule has 0 saturated heterocycles. The van der Waals surface area contributed by atoms with E-state index < -0.39 is 18.6 Å². The molecule has 6 nitrogen and oxygen atoms in total. The molecule has 3 N–H and O–H groups in total. The highest BCUT2D eigenvalue weighted by molar-refractivity contribution is 5.77. The molecule has 1 aromatic carbocycles. The molecule has 0 aliphatic carbocycles. The normalized spacial score (nSPS) is 11.4. The van der Waals surface area contributed by atoms with E-state index in [4.69, 9.17) is 20.2 Å². The van der Waals surface area contributed by atoms with Crippen molar-refractivity contribution >= 4 is 5.91 Å². The molecule has 96 valence electrons. The first-order chi connectivity index (χ1) is 8.65. The summed E-state index contributed by atoms with van der Waals surface area (Å²) in [4.78, 5) is 11.3. The Morgan fingerprint density at radius 2 is 2.11 bits per heavy atom. The van der Waals surface area contributed by atoms with Gasteiger partial charge in [0.25, 0.3) is 5.91 Å². The molecule has 1 amide bonds. The Bertz CT molecular complexity index is 425. The summed E-state index contributed by atoms with van der Waals surface area (Å²) in [5.41, 5.74) is 0.512. The Kier molecular flexibility index (Phi) is 5.64. The molecule has 0 aliphatic heterocycles. The highest BCUT2D eigenvalue weighted by atomic mass is 16.5. The van der Waals surface area contributed by atoms with Crippen molar-refractivity contribution in [1.82, 2.24) is 5.32 Å². The molecule has 0 saturated carbocycles. The van der Waals surface area contributed by atoms with Crippen LogP contribution in [0.15, 0.2) is 24.3 Å². The minimum Gasteiger partial charge on any atom is -0.484 e. The monoisotopic (exact) mass is 250 g/mol. The summed E-state index contributed by atoms with van der Waals surface area (Å²) in [6.07, 6.45) is -0.969. The molecule has 1 unspecified atom stereocenters. The van der Waals surface area contributed by atoms with E-state index >= 15 is 0 Å². The SMILES string of the molecule is N#Cc1ccc(OCC(=O)NCC(O)CO)cc1. The van der Waals surface area contributed by atoms with Crippen LogP contribution in [0.25, 0.3) is 0 Å². The maximum Gasteiger partial charge on any atom is 0.258 e. The van der Waals surface area contributed by atoms with E-state index in [1.54, 1.807) is 24.3 Å². The van der Waals surface area contributed by atoms with Crippen molar-refractivity contribution in [1.29, 1.82) is 5.26 Å². The number of aliphatic hydroxyl groups is 2. The smallest absolute Gasteiger partial charge is 0.258 e. The molecule has 0 heterocycles. The summed E-state index contributed by atoms with van der Waals surface area (Å²) in [5, 5.41) is 28.6. The number of nitrogens with one attached hydrogen (secondary N) is 1. The van der Waals surface area contributed by atoms with Crippen LogP contribution in [0.4, 0.5) is 0 Å². The molecule has 0 spiro atoms. The van der Waals surface area contributed by atoms with E-state index in [1.807, 2.05) is 6.07 Å². The van der Waals surface area contributed by atoms with Gasteiger partial charge in [-0.25, -0.2) is 0 Å². The van der Waals surface area contributed by atoms with Gasteiger partial charge in [0, 0.05) is 6.54 Å². The van der Waals surface area contributed by atoms with Crippen LogP contribution in [-0.4, -0.2) is 42.0 Å². The molecule has 0 radical (unpaired) electrons. The van der Waals surface area contributed by atoms with Gasteiger partial charge >= 0.3 is 0 Å². The highest BCUT2D eigenvalue weighted by Crippen LogP contribution is 2.10. The predicted molar refractivity (Wildman–Crippen MR) is 62.8 cm³/mol. The van der Waals surface area contributed by atoms with Gasteiger partial charge in [0.05, 0.1) is 24.3 Å². The Hall–Kier alpha value is -2.10. The van der Waals surface area contributed by atoms with Gasteiger partial charge < -0.3 is 20.3 Å². The van der Waals surface area contributed by atoms with Crippen LogP contribution < -0.4 is 10.1 Å². The van der Waals surface area contributed by atoms with Crippen molar-refractivity contribution in [2.24, 2.45) is 0 Å². The fourth-order valence-electron chi connectivity index (χ4n) is 1.12. The molecule has 18 heavy (non-hydrogen) atoms. The van der Waals surface area contributed by atoms with Gasteiger partial charge in [0.1, 0.15) is 5.75 Å². The number of amides is 1. The minimum atomic E-state index is -0.969. The second-order valence-electron chi connectivity index (χ2n) is 3.57. The van der Waals surface area contributed by atoms with Gasteiger partial charge in [-0.2, -0.15) is 5.26 Å². The van der Waals surface area contributed by atoms with Crippen LogP contribution in [0.2, 0.25) is 0 Å². The fourth-order valence-corrected chi connectivity index (χ4v) is 1.12. The number of carbonyl (C=O) groups excluding carboxylic acids is 1. The Morgan fingerprint density at radius 3 is 2.67 bits per heavy atom. The van der Waals surface area contributed by atoms with Gasteiger partial charge in [-0.15, -0.1) is 0 Å². The number of hydrogen-bond acceptors (Lipinski definition) is 5. The third-order valence-corrected chi connectivity index (χ3v) is 2.10. The zero-order valence-electron chi connectivity index (χ0n) is 9.67. The van der Waals surface area contributed by atoms with Gasteiger partial charge in [-0.05, 0) is 24.3 Å². The maximum atomic E-state index is 11.3. The van der Waals surface area contributed by atoms with Crippen molar-refractivity contribution < 1.29 is 19.7 Å². The number of nitrogens with zero attached hydrogens (tertiary/aromatic N) is 1. The number of nitriles is 1. The second-order valence-corrected chi connectivity index (χ2v) is 3.57. The number of ether oxygens (including phenoxy) is 1. The number of benzene rings is 1. The van der Waals surface area contributed by atoms with Crippen LogP contribution in [0.5, 0.6) is 5.75 Å². The van der Waals surface area contributed by atoms with Crippen molar-refractivity contribution in [3.05, 3.63) is 29.8 Å². The number of aliphatic hydroxyl groups excluding tert-OH is 2. The van der Waals surface area contributed by atoms with E-state index in [9.17, 15) is 4.79 Å². The molecule has 1 atom stereocenters. The zero-order valence-corrected chi connectivity index (χ0v) is 9.67. The molecule has 0 aliphatic rings. The molecule has 6 heteroatoms. The standard InChI is InChI=1S/C12H14N2O4/c13-5-9-1-3-11(4-2-9)18-8-12(17)14-6-10(16)7-15/h1-4,10,15-16H,6-8H2,(H,14,17). The van der Waals surface area contributed by atoms with Crippen LogP contribution in [-0.2, 0) is 4.79 Å². The van der Waals surface area contributed by atoms with Crippen molar-refractivity contribution in [2.45, 2.75) is 6.10 Å². The molecule has 0 bridgehead atoms. The zero-order chi connectivity index (χ0) is 13.4. The van der Waals surface area contributed by atoms with Gasteiger partial charge in [-0.3, -0.25) is 4.79 Å². The van der Waals surface area contributed by atoms with Crippen molar-refractivity contribution in [2.75, 3.05) is 19.8 Å². The lowest BCUT2D eigenvalue weighted by atomic mass is 10.2. The molecule has 0 fully saturated rings. The lowest BCUT2D eigenvalue weighted by molar-refractivity contribution is -0.123. The van der Waals surface area contributed by atoms with Crippen LogP contribution in [0.1, 0.15) is 5.56 Å². The summed E-state index contributed by atoms with van der Waals surface area (Å²) in [6.45, 7) is -0.618. The van der Waals surface area contributed by atoms with Gasteiger partial charge in [0.2, 0.25) is 0 Å². The van der Waals surface area contributed by atoms with Crippen LogP contribution >= 0.6 is 0 Å². The first kappa shape index (κ1) is 14.0. The summed E-state index contributed by atoms with van der Waals surface area (Å²) < 4.78 is 5.17. The summed E-state index contributed by atoms with van der Waals surface area (Å²) >= 11 is 0. The summed E-state index contributed by atoms with van der Waals surface area (Å²) in [6, 6.07) is 8.33. The fraction of sp³-hybridized carbons (Fsp3) is 0.333. The quantitative estimate of drug-likeness (QED) is 0.626.